The molecule has 0 saturated carbocycles. The smallest absolute Gasteiger partial charge is 0.372 e. The van der Waals surface area contributed by atoms with Gasteiger partial charge in [0.05, 0.1) is 6.42 Å². The highest BCUT2D eigenvalue weighted by Gasteiger charge is 2.30. The molecule has 0 aliphatic heterocycles. The minimum absolute atomic E-state index is 0.0814. The van der Waals surface area contributed by atoms with E-state index < -0.39 is 18.7 Å². The molecule has 0 amide bonds. The van der Waals surface area contributed by atoms with E-state index in [0.29, 0.717) is 0 Å². The van der Waals surface area contributed by atoms with E-state index >= 15 is 0 Å². The molecule has 1 rings (SSSR count). The zero-order valence-electron chi connectivity index (χ0n) is 10.7. The van der Waals surface area contributed by atoms with Gasteiger partial charge in [0, 0.05) is 6.04 Å². The highest BCUT2D eigenvalue weighted by atomic mass is 35.7. The summed E-state index contributed by atoms with van der Waals surface area (Å²) in [5.41, 5.74) is 5.72. The van der Waals surface area contributed by atoms with Crippen LogP contribution in [0.3, 0.4) is 0 Å². The van der Waals surface area contributed by atoms with Gasteiger partial charge >= 0.3 is 12.7 Å². The molecule has 0 spiro atoms. The molecule has 0 aromatic heterocycles. The first kappa shape index (κ1) is 16.0. The first-order chi connectivity index (χ1) is 8.74. The number of carbonyl (C=O) groups excluding carboxylic acids is 1. The van der Waals surface area contributed by atoms with Gasteiger partial charge in [-0.1, -0.05) is 26.0 Å². The molecule has 2 atom stereocenters. The number of aromatic hydroxyl groups is 1. The molecule has 5 nitrogen and oxygen atoms in total. The standard InChI is InChI=1S/C12H17ClNO4P/c1-8(2)9(14)7-12(16)18-19(13,17)11-6-4-3-5-10(11)15/h3-6,8-9,15H,7,14H2,1-2H3/t9-,19-/m0/s1. The van der Waals surface area contributed by atoms with Crippen LogP contribution in [-0.4, -0.2) is 17.1 Å². The molecule has 0 heterocycles. The van der Waals surface area contributed by atoms with Crippen molar-refractivity contribution in [2.45, 2.75) is 26.3 Å². The van der Waals surface area contributed by atoms with Crippen LogP contribution in [-0.2, 0) is 13.9 Å². The Bertz CT molecular complexity index is 506. The number of hydrogen-bond donors (Lipinski definition) is 2. The molecule has 0 aliphatic carbocycles. The van der Waals surface area contributed by atoms with Gasteiger partial charge in [0.25, 0.3) is 0 Å². The molecule has 1 aromatic carbocycles. The number of benzene rings is 1. The predicted molar refractivity (Wildman–Crippen MR) is 74.7 cm³/mol. The lowest BCUT2D eigenvalue weighted by molar-refractivity contribution is -0.134. The van der Waals surface area contributed by atoms with Crippen LogP contribution in [0.15, 0.2) is 24.3 Å². The number of rotatable bonds is 5. The van der Waals surface area contributed by atoms with Crippen molar-refractivity contribution in [1.82, 2.24) is 0 Å². The van der Waals surface area contributed by atoms with Crippen LogP contribution in [0, 0.1) is 5.92 Å². The molecule has 0 bridgehead atoms. The molecule has 0 unspecified atom stereocenters. The lowest BCUT2D eigenvalue weighted by Gasteiger charge is -2.17. The van der Waals surface area contributed by atoms with Gasteiger partial charge in [-0.3, -0.25) is 9.36 Å². The Balaban J connectivity index is 2.78. The highest BCUT2D eigenvalue weighted by molar-refractivity contribution is 7.91. The first-order valence-corrected chi connectivity index (χ1v) is 8.33. The number of phenolic OH excluding ortho intramolecular Hbond substituents is 1. The predicted octanol–water partition coefficient (Wildman–Crippen LogP) is 2.37. The van der Waals surface area contributed by atoms with Crippen molar-refractivity contribution in [3.63, 3.8) is 0 Å². The third-order valence-corrected chi connectivity index (χ3v) is 4.79. The highest BCUT2D eigenvalue weighted by Crippen LogP contribution is 2.53. The van der Waals surface area contributed by atoms with E-state index in [1.54, 1.807) is 6.07 Å². The summed E-state index contributed by atoms with van der Waals surface area (Å²) in [6.07, 6.45) is -0.0814. The fourth-order valence-corrected chi connectivity index (χ4v) is 3.04. The summed E-state index contributed by atoms with van der Waals surface area (Å²) < 4.78 is 16.9. The number of carbonyl (C=O) groups is 1. The molecular weight excluding hydrogens is 289 g/mol. The minimum atomic E-state index is -3.91. The third-order valence-electron chi connectivity index (χ3n) is 2.65. The Morgan fingerprint density at radius 2 is 2.05 bits per heavy atom. The van der Waals surface area contributed by atoms with E-state index in [1.807, 2.05) is 13.8 Å². The van der Waals surface area contributed by atoms with Gasteiger partial charge in [0.1, 0.15) is 11.1 Å². The Kier molecular flexibility index (Phi) is 5.41. The SMILES string of the molecule is CC(C)[C@@H](N)CC(=O)O[P@](=O)(Cl)c1ccccc1O. The van der Waals surface area contributed by atoms with Crippen LogP contribution in [0.25, 0.3) is 0 Å². The average Bonchev–Trinajstić information content (AvgIpc) is 2.27. The molecule has 19 heavy (non-hydrogen) atoms. The molecule has 3 N–H and O–H groups in total. The van der Waals surface area contributed by atoms with E-state index in [-0.39, 0.29) is 23.4 Å². The van der Waals surface area contributed by atoms with Gasteiger partial charge in [-0.25, -0.2) is 0 Å². The largest absolute Gasteiger partial charge is 0.507 e. The lowest BCUT2D eigenvalue weighted by atomic mass is 10.0. The van der Waals surface area contributed by atoms with Gasteiger partial charge in [0.2, 0.25) is 0 Å². The van der Waals surface area contributed by atoms with Crippen LogP contribution in [0.2, 0.25) is 0 Å². The quantitative estimate of drug-likeness (QED) is 0.815. The Morgan fingerprint density at radius 3 is 2.58 bits per heavy atom. The van der Waals surface area contributed by atoms with Crippen molar-refractivity contribution in [2.24, 2.45) is 11.7 Å². The lowest BCUT2D eigenvalue weighted by Crippen LogP contribution is -2.29. The van der Waals surface area contributed by atoms with E-state index in [1.165, 1.54) is 18.2 Å². The molecular formula is C12H17ClNO4P. The second-order valence-electron chi connectivity index (χ2n) is 4.54. The van der Waals surface area contributed by atoms with E-state index in [2.05, 4.69) is 0 Å². The van der Waals surface area contributed by atoms with E-state index in [9.17, 15) is 14.5 Å². The number of hydrogen-bond acceptors (Lipinski definition) is 5. The number of phenols is 1. The second-order valence-corrected chi connectivity index (χ2v) is 7.50. The topological polar surface area (TPSA) is 89.6 Å². The van der Waals surface area contributed by atoms with Crippen molar-refractivity contribution in [3.05, 3.63) is 24.3 Å². The van der Waals surface area contributed by atoms with Gasteiger partial charge < -0.3 is 15.4 Å². The molecule has 0 fully saturated rings. The van der Waals surface area contributed by atoms with Crippen LogP contribution in [0.4, 0.5) is 0 Å². The summed E-state index contributed by atoms with van der Waals surface area (Å²) in [5, 5.41) is 9.46. The van der Waals surface area contributed by atoms with Crippen LogP contribution in [0.1, 0.15) is 20.3 Å². The zero-order valence-corrected chi connectivity index (χ0v) is 12.4. The summed E-state index contributed by atoms with van der Waals surface area (Å²) in [5.74, 6) is -0.933. The van der Waals surface area contributed by atoms with Crippen LogP contribution in [0.5, 0.6) is 5.75 Å². The molecule has 106 valence electrons. The Hall–Kier alpha value is -1.03. The van der Waals surface area contributed by atoms with Gasteiger partial charge in [0.15, 0.2) is 0 Å². The Labute approximate surface area is 117 Å². The summed E-state index contributed by atoms with van der Waals surface area (Å²) in [4.78, 5) is 11.6. The fourth-order valence-electron chi connectivity index (χ4n) is 1.34. The molecule has 0 radical (unpaired) electrons. The van der Waals surface area contributed by atoms with Gasteiger partial charge in [-0.05, 0) is 29.3 Å². The summed E-state index contributed by atoms with van der Waals surface area (Å²) in [7, 11) is 0. The van der Waals surface area contributed by atoms with Crippen molar-refractivity contribution < 1.29 is 19.0 Å². The van der Waals surface area contributed by atoms with Crippen molar-refractivity contribution in [2.75, 3.05) is 0 Å². The maximum absolute atomic E-state index is 12.1. The maximum atomic E-state index is 12.1. The monoisotopic (exact) mass is 305 g/mol. The van der Waals surface area contributed by atoms with Crippen molar-refractivity contribution in [1.29, 1.82) is 0 Å². The van der Waals surface area contributed by atoms with Gasteiger partial charge in [-0.2, -0.15) is 0 Å². The Morgan fingerprint density at radius 1 is 1.47 bits per heavy atom. The molecule has 7 heteroatoms. The average molecular weight is 306 g/mol. The minimum Gasteiger partial charge on any atom is -0.507 e. The number of para-hydroxylation sites is 1. The summed E-state index contributed by atoms with van der Waals surface area (Å²) >= 11 is 5.74. The van der Waals surface area contributed by atoms with Crippen LogP contribution < -0.4 is 11.0 Å². The van der Waals surface area contributed by atoms with Gasteiger partial charge in [-0.15, -0.1) is 0 Å². The summed E-state index contributed by atoms with van der Waals surface area (Å²) in [6.45, 7) is -0.183. The van der Waals surface area contributed by atoms with E-state index in [4.69, 9.17) is 21.5 Å². The van der Waals surface area contributed by atoms with Crippen molar-refractivity contribution in [3.8, 4) is 5.75 Å². The third kappa shape index (κ3) is 4.53. The van der Waals surface area contributed by atoms with Crippen LogP contribution >= 0.6 is 18.0 Å². The normalized spacial score (nSPS) is 15.8. The summed E-state index contributed by atoms with van der Waals surface area (Å²) in [6, 6.07) is 5.36. The maximum Gasteiger partial charge on any atom is 0.372 e. The fraction of sp³-hybridized carbons (Fsp3) is 0.417. The first-order valence-electron chi connectivity index (χ1n) is 5.80. The second kappa shape index (κ2) is 6.42. The molecule has 0 aliphatic rings. The number of halogens is 1. The molecule has 0 saturated heterocycles. The van der Waals surface area contributed by atoms with E-state index in [0.717, 1.165) is 0 Å². The number of nitrogens with two attached hydrogens (primary N) is 1. The molecule has 1 aromatic rings. The van der Waals surface area contributed by atoms with Crippen molar-refractivity contribution >= 4 is 29.2 Å². The zero-order chi connectivity index (χ0) is 14.6.